The van der Waals surface area contributed by atoms with Crippen molar-refractivity contribution in [1.82, 2.24) is 24.6 Å². The van der Waals surface area contributed by atoms with Gasteiger partial charge in [0.1, 0.15) is 5.39 Å². The maximum atomic E-state index is 12.8. The smallest absolute Gasteiger partial charge is 0.264 e. The zero-order chi connectivity index (χ0) is 20.2. The lowest BCUT2D eigenvalue weighted by molar-refractivity contribution is -0.121. The Balaban J connectivity index is 1.47. The monoisotopic (exact) mass is 387 g/mol. The minimum Gasteiger partial charge on any atom is -0.350 e. The van der Waals surface area contributed by atoms with Gasteiger partial charge in [-0.3, -0.25) is 14.2 Å². The summed E-state index contributed by atoms with van der Waals surface area (Å²) < 4.78 is 3.08. The lowest BCUT2D eigenvalue weighted by Gasteiger charge is -2.14. The van der Waals surface area contributed by atoms with Crippen LogP contribution in [0, 0.1) is 0 Å². The van der Waals surface area contributed by atoms with Crippen molar-refractivity contribution < 1.29 is 4.79 Å². The number of amides is 1. The molecule has 2 aromatic heterocycles. The molecule has 1 N–H and O–H groups in total. The normalized spacial score (nSPS) is 12.0. The number of benzene rings is 2. The summed E-state index contributed by atoms with van der Waals surface area (Å²) in [6.07, 6.45) is 3.18. The average Bonchev–Trinajstić information content (AvgIpc) is 3.19. The van der Waals surface area contributed by atoms with E-state index in [-0.39, 0.29) is 30.5 Å². The van der Waals surface area contributed by atoms with Crippen LogP contribution in [0.15, 0.2) is 78.0 Å². The molecular formula is C22H21N5O2. The number of hydrogen-bond acceptors (Lipinski definition) is 4. The molecule has 1 unspecified atom stereocenters. The van der Waals surface area contributed by atoms with Gasteiger partial charge in [0.25, 0.3) is 5.56 Å². The van der Waals surface area contributed by atoms with E-state index in [1.165, 1.54) is 17.1 Å². The Kier molecular flexibility index (Phi) is 5.20. The van der Waals surface area contributed by atoms with Crippen LogP contribution >= 0.6 is 0 Å². The van der Waals surface area contributed by atoms with Crippen LogP contribution in [0.25, 0.3) is 16.7 Å². The van der Waals surface area contributed by atoms with Gasteiger partial charge in [0.2, 0.25) is 5.91 Å². The highest BCUT2D eigenvalue weighted by molar-refractivity contribution is 5.77. The summed E-state index contributed by atoms with van der Waals surface area (Å²) in [6, 6.07) is 19.2. The summed E-state index contributed by atoms with van der Waals surface area (Å²) in [5, 5.41) is 7.68. The van der Waals surface area contributed by atoms with Gasteiger partial charge in [-0.15, -0.1) is 0 Å². The molecule has 2 heterocycles. The van der Waals surface area contributed by atoms with E-state index in [4.69, 9.17) is 0 Å². The van der Waals surface area contributed by atoms with Gasteiger partial charge >= 0.3 is 0 Å². The van der Waals surface area contributed by atoms with Crippen molar-refractivity contribution >= 4 is 16.9 Å². The third kappa shape index (κ3) is 3.94. The first kappa shape index (κ1) is 18.6. The Hall–Kier alpha value is -3.74. The van der Waals surface area contributed by atoms with Crippen LogP contribution in [-0.2, 0) is 11.3 Å². The molecule has 0 saturated heterocycles. The molecule has 4 rings (SSSR count). The minimum absolute atomic E-state index is 0.0925. The fraction of sp³-hybridized carbons (Fsp3) is 0.182. The topological polar surface area (TPSA) is 81.8 Å². The summed E-state index contributed by atoms with van der Waals surface area (Å²) in [5.41, 5.74) is 2.16. The van der Waals surface area contributed by atoms with Crippen molar-refractivity contribution in [2.24, 2.45) is 0 Å². The first-order valence-corrected chi connectivity index (χ1v) is 9.46. The SMILES string of the molecule is CC(NC(=O)CCn1cnc2c(cnn2-c2ccccc2)c1=O)c1ccccc1. The maximum absolute atomic E-state index is 12.8. The van der Waals surface area contributed by atoms with Crippen molar-refractivity contribution in [3.63, 3.8) is 0 Å². The van der Waals surface area contributed by atoms with E-state index >= 15 is 0 Å². The quantitative estimate of drug-likeness (QED) is 0.552. The molecule has 7 nitrogen and oxygen atoms in total. The second-order valence-electron chi connectivity index (χ2n) is 6.82. The minimum atomic E-state index is -0.207. The molecule has 146 valence electrons. The molecule has 0 aliphatic rings. The van der Waals surface area contributed by atoms with E-state index in [0.717, 1.165) is 11.3 Å². The first-order chi connectivity index (χ1) is 14.1. The van der Waals surface area contributed by atoms with E-state index < -0.39 is 0 Å². The number of hydrogen-bond donors (Lipinski definition) is 1. The fourth-order valence-electron chi connectivity index (χ4n) is 3.23. The molecule has 0 spiro atoms. The third-order valence-electron chi connectivity index (χ3n) is 4.81. The molecule has 1 amide bonds. The standard InChI is InChI=1S/C22H21N5O2/c1-16(17-8-4-2-5-9-17)25-20(28)12-13-26-15-23-21-19(22(26)29)14-24-27(21)18-10-6-3-7-11-18/h2-11,14-16H,12-13H2,1H3,(H,25,28). The largest absolute Gasteiger partial charge is 0.350 e. The lowest BCUT2D eigenvalue weighted by Crippen LogP contribution is -2.29. The van der Waals surface area contributed by atoms with Gasteiger partial charge in [0.05, 0.1) is 24.3 Å². The van der Waals surface area contributed by atoms with Crippen LogP contribution in [0.1, 0.15) is 24.9 Å². The molecule has 4 aromatic rings. The molecule has 0 aliphatic heterocycles. The summed E-state index contributed by atoms with van der Waals surface area (Å²) in [4.78, 5) is 29.5. The highest BCUT2D eigenvalue weighted by atomic mass is 16.2. The number of carbonyl (C=O) groups excluding carboxylic acids is 1. The number of aryl methyl sites for hydroxylation is 1. The Morgan fingerprint density at radius 2 is 1.76 bits per heavy atom. The second kappa shape index (κ2) is 8.10. The molecule has 0 bridgehead atoms. The van der Waals surface area contributed by atoms with Crippen LogP contribution in [0.4, 0.5) is 0 Å². The van der Waals surface area contributed by atoms with Gasteiger partial charge in [-0.2, -0.15) is 5.10 Å². The number of aromatic nitrogens is 4. The summed E-state index contributed by atoms with van der Waals surface area (Å²) in [6.45, 7) is 2.19. The predicted octanol–water partition coefficient (Wildman–Crippen LogP) is 2.85. The number of rotatable bonds is 6. The van der Waals surface area contributed by atoms with Crippen LogP contribution in [0.2, 0.25) is 0 Å². The Bertz CT molecular complexity index is 1180. The highest BCUT2D eigenvalue weighted by Gasteiger charge is 2.13. The van der Waals surface area contributed by atoms with E-state index in [1.807, 2.05) is 67.6 Å². The van der Waals surface area contributed by atoms with Crippen LogP contribution in [0.5, 0.6) is 0 Å². The molecular weight excluding hydrogens is 366 g/mol. The van der Waals surface area contributed by atoms with Crippen molar-refractivity contribution in [3.8, 4) is 5.69 Å². The summed E-state index contributed by atoms with van der Waals surface area (Å²) in [5.74, 6) is -0.117. The van der Waals surface area contributed by atoms with Gasteiger partial charge in [0.15, 0.2) is 5.65 Å². The maximum Gasteiger partial charge on any atom is 0.264 e. The van der Waals surface area contributed by atoms with Gasteiger partial charge < -0.3 is 5.32 Å². The first-order valence-electron chi connectivity index (χ1n) is 9.46. The van der Waals surface area contributed by atoms with E-state index in [0.29, 0.717) is 11.0 Å². The molecule has 0 radical (unpaired) electrons. The van der Waals surface area contributed by atoms with Crippen LogP contribution in [-0.4, -0.2) is 25.2 Å². The highest BCUT2D eigenvalue weighted by Crippen LogP contribution is 2.13. The van der Waals surface area contributed by atoms with Crippen LogP contribution in [0.3, 0.4) is 0 Å². The number of fused-ring (bicyclic) bond motifs is 1. The average molecular weight is 387 g/mol. The van der Waals surface area contributed by atoms with Gasteiger partial charge in [-0.25, -0.2) is 9.67 Å². The van der Waals surface area contributed by atoms with E-state index in [1.54, 1.807) is 4.68 Å². The zero-order valence-corrected chi connectivity index (χ0v) is 16.0. The molecule has 1 atom stereocenters. The third-order valence-corrected chi connectivity index (χ3v) is 4.81. The van der Waals surface area contributed by atoms with Gasteiger partial charge in [-0.05, 0) is 24.6 Å². The molecule has 0 aliphatic carbocycles. The van der Waals surface area contributed by atoms with Gasteiger partial charge in [0, 0.05) is 13.0 Å². The number of nitrogens with zero attached hydrogens (tertiary/aromatic N) is 4. The molecule has 29 heavy (non-hydrogen) atoms. The molecule has 2 aromatic carbocycles. The molecule has 0 saturated carbocycles. The predicted molar refractivity (Wildman–Crippen MR) is 111 cm³/mol. The molecule has 0 fully saturated rings. The van der Waals surface area contributed by atoms with Crippen LogP contribution < -0.4 is 10.9 Å². The number of para-hydroxylation sites is 1. The van der Waals surface area contributed by atoms with Crippen molar-refractivity contribution in [2.75, 3.05) is 0 Å². The van der Waals surface area contributed by atoms with E-state index in [9.17, 15) is 9.59 Å². The summed E-state index contributed by atoms with van der Waals surface area (Å²) >= 11 is 0. The Morgan fingerprint density at radius 1 is 1.07 bits per heavy atom. The Labute approximate surface area is 167 Å². The molecule has 7 heteroatoms. The lowest BCUT2D eigenvalue weighted by atomic mass is 10.1. The van der Waals surface area contributed by atoms with Gasteiger partial charge in [-0.1, -0.05) is 48.5 Å². The summed E-state index contributed by atoms with van der Waals surface area (Å²) in [7, 11) is 0. The van der Waals surface area contributed by atoms with Crippen molar-refractivity contribution in [1.29, 1.82) is 0 Å². The second-order valence-corrected chi connectivity index (χ2v) is 6.82. The number of carbonyl (C=O) groups is 1. The van der Waals surface area contributed by atoms with Crippen molar-refractivity contribution in [2.45, 2.75) is 25.9 Å². The zero-order valence-electron chi connectivity index (χ0n) is 16.0. The van der Waals surface area contributed by atoms with E-state index in [2.05, 4.69) is 15.4 Å². The number of nitrogens with one attached hydrogen (secondary N) is 1. The Morgan fingerprint density at radius 3 is 2.48 bits per heavy atom. The fourth-order valence-corrected chi connectivity index (χ4v) is 3.23. The van der Waals surface area contributed by atoms with Crippen molar-refractivity contribution in [3.05, 3.63) is 89.1 Å².